The van der Waals surface area contributed by atoms with Crippen LogP contribution in [0, 0.1) is 5.92 Å². The minimum Gasteiger partial charge on any atom is -0.341 e. The Morgan fingerprint density at radius 2 is 2.33 bits per heavy atom. The lowest BCUT2D eigenvalue weighted by Gasteiger charge is -2.16. The summed E-state index contributed by atoms with van der Waals surface area (Å²) in [6.07, 6.45) is 4.13. The van der Waals surface area contributed by atoms with Crippen molar-refractivity contribution >= 4 is 21.8 Å². The molecule has 15 heavy (non-hydrogen) atoms. The lowest BCUT2D eigenvalue weighted by molar-refractivity contribution is 0.0788. The van der Waals surface area contributed by atoms with E-state index in [-0.39, 0.29) is 5.91 Å². The van der Waals surface area contributed by atoms with E-state index in [9.17, 15) is 4.79 Å². The fourth-order valence-corrected chi connectivity index (χ4v) is 1.73. The van der Waals surface area contributed by atoms with Crippen molar-refractivity contribution in [3.05, 3.63) is 28.5 Å². The predicted molar refractivity (Wildman–Crippen MR) is 61.6 cm³/mol. The Hall–Kier alpha value is -0.900. The van der Waals surface area contributed by atoms with Gasteiger partial charge in [0.05, 0.1) is 5.56 Å². The Bertz CT molecular complexity index is 359. The van der Waals surface area contributed by atoms with Crippen molar-refractivity contribution in [3.8, 4) is 0 Å². The number of hydrogen-bond donors (Lipinski definition) is 0. The molecule has 0 bridgehead atoms. The van der Waals surface area contributed by atoms with Crippen LogP contribution in [0.5, 0.6) is 0 Å². The zero-order valence-electron chi connectivity index (χ0n) is 8.61. The summed E-state index contributed by atoms with van der Waals surface area (Å²) in [5.74, 6) is 0.782. The molecule has 1 fully saturated rings. The molecule has 4 heteroatoms. The highest BCUT2D eigenvalue weighted by molar-refractivity contribution is 9.10. The van der Waals surface area contributed by atoms with Gasteiger partial charge in [0.1, 0.15) is 4.60 Å². The van der Waals surface area contributed by atoms with Crippen molar-refractivity contribution in [2.24, 2.45) is 5.92 Å². The largest absolute Gasteiger partial charge is 0.341 e. The van der Waals surface area contributed by atoms with Gasteiger partial charge >= 0.3 is 0 Å². The summed E-state index contributed by atoms with van der Waals surface area (Å²) in [7, 11) is 1.85. The van der Waals surface area contributed by atoms with Crippen LogP contribution in [0.3, 0.4) is 0 Å². The summed E-state index contributed by atoms with van der Waals surface area (Å²) in [6, 6.07) is 3.58. The molecule has 0 radical (unpaired) electrons. The van der Waals surface area contributed by atoms with Crippen LogP contribution in [0.1, 0.15) is 23.2 Å². The second-order valence-electron chi connectivity index (χ2n) is 4.00. The van der Waals surface area contributed by atoms with Crippen LogP contribution in [0.4, 0.5) is 0 Å². The molecule has 1 aliphatic carbocycles. The fraction of sp³-hybridized carbons (Fsp3) is 0.455. The zero-order valence-corrected chi connectivity index (χ0v) is 10.2. The Kier molecular flexibility index (Phi) is 3.05. The SMILES string of the molecule is CN(CC1CC1)C(=O)c1ccc(Br)nc1. The molecule has 1 aliphatic rings. The number of carbonyl (C=O) groups is 1. The van der Waals surface area contributed by atoms with Gasteiger partial charge in [-0.1, -0.05) is 0 Å². The number of rotatable bonds is 3. The molecule has 1 saturated carbocycles. The number of carbonyl (C=O) groups excluding carboxylic acids is 1. The van der Waals surface area contributed by atoms with E-state index in [1.165, 1.54) is 12.8 Å². The zero-order chi connectivity index (χ0) is 10.8. The van der Waals surface area contributed by atoms with E-state index in [2.05, 4.69) is 20.9 Å². The third-order valence-corrected chi connectivity index (χ3v) is 3.02. The third kappa shape index (κ3) is 2.78. The number of amides is 1. The second kappa shape index (κ2) is 4.31. The van der Waals surface area contributed by atoms with Gasteiger partial charge in [-0.3, -0.25) is 4.79 Å². The number of pyridine rings is 1. The maximum absolute atomic E-state index is 11.9. The molecule has 0 saturated heterocycles. The molecule has 0 unspecified atom stereocenters. The molecule has 1 aromatic heterocycles. The normalized spacial score (nSPS) is 15.1. The summed E-state index contributed by atoms with van der Waals surface area (Å²) in [4.78, 5) is 17.7. The van der Waals surface area contributed by atoms with Crippen molar-refractivity contribution in [2.75, 3.05) is 13.6 Å². The van der Waals surface area contributed by atoms with Gasteiger partial charge in [0.2, 0.25) is 0 Å². The number of halogens is 1. The van der Waals surface area contributed by atoms with Crippen LogP contribution in [0.25, 0.3) is 0 Å². The molecular formula is C11H13BrN2O. The molecule has 1 aromatic rings. The number of nitrogens with zero attached hydrogens (tertiary/aromatic N) is 2. The van der Waals surface area contributed by atoms with E-state index >= 15 is 0 Å². The van der Waals surface area contributed by atoms with Crippen LogP contribution < -0.4 is 0 Å². The molecule has 0 atom stereocenters. The molecule has 1 heterocycles. The highest BCUT2D eigenvalue weighted by atomic mass is 79.9. The minimum atomic E-state index is 0.0573. The first kappa shape index (κ1) is 10.6. The van der Waals surface area contributed by atoms with Gasteiger partial charge in [0.25, 0.3) is 5.91 Å². The lowest BCUT2D eigenvalue weighted by Crippen LogP contribution is -2.28. The van der Waals surface area contributed by atoms with E-state index in [1.54, 1.807) is 23.2 Å². The smallest absolute Gasteiger partial charge is 0.255 e. The first-order valence-corrected chi connectivity index (χ1v) is 5.83. The molecule has 2 rings (SSSR count). The van der Waals surface area contributed by atoms with E-state index in [0.29, 0.717) is 5.56 Å². The third-order valence-electron chi connectivity index (χ3n) is 2.55. The topological polar surface area (TPSA) is 33.2 Å². The summed E-state index contributed by atoms with van der Waals surface area (Å²) in [5.41, 5.74) is 0.654. The Labute approximate surface area is 97.6 Å². The van der Waals surface area contributed by atoms with E-state index in [1.807, 2.05) is 7.05 Å². The standard InChI is InChI=1S/C11H13BrN2O/c1-14(7-8-2-3-8)11(15)9-4-5-10(12)13-6-9/h4-6,8H,2-3,7H2,1H3. The predicted octanol–water partition coefficient (Wildman–Crippen LogP) is 2.33. The van der Waals surface area contributed by atoms with Gasteiger partial charge in [0, 0.05) is 19.8 Å². The monoisotopic (exact) mass is 268 g/mol. The van der Waals surface area contributed by atoms with Gasteiger partial charge < -0.3 is 4.90 Å². The van der Waals surface area contributed by atoms with Crippen molar-refractivity contribution in [1.82, 2.24) is 9.88 Å². The van der Waals surface area contributed by atoms with Crippen LogP contribution in [-0.4, -0.2) is 29.4 Å². The molecule has 3 nitrogen and oxygen atoms in total. The summed E-state index contributed by atoms with van der Waals surface area (Å²) in [5, 5.41) is 0. The molecule has 0 aliphatic heterocycles. The number of aromatic nitrogens is 1. The lowest BCUT2D eigenvalue weighted by atomic mass is 10.2. The average molecular weight is 269 g/mol. The van der Waals surface area contributed by atoms with Crippen molar-refractivity contribution in [3.63, 3.8) is 0 Å². The molecule has 80 valence electrons. The summed E-state index contributed by atoms with van der Waals surface area (Å²) < 4.78 is 0.754. The van der Waals surface area contributed by atoms with Gasteiger partial charge in [-0.05, 0) is 46.8 Å². The Morgan fingerprint density at radius 1 is 1.60 bits per heavy atom. The first-order valence-electron chi connectivity index (χ1n) is 5.04. The van der Waals surface area contributed by atoms with E-state index < -0.39 is 0 Å². The van der Waals surface area contributed by atoms with Gasteiger partial charge in [0.15, 0.2) is 0 Å². The highest BCUT2D eigenvalue weighted by Gasteiger charge is 2.25. The number of hydrogen-bond acceptors (Lipinski definition) is 2. The summed E-state index contributed by atoms with van der Waals surface area (Å²) in [6.45, 7) is 0.870. The van der Waals surface area contributed by atoms with Gasteiger partial charge in [-0.2, -0.15) is 0 Å². The van der Waals surface area contributed by atoms with Gasteiger partial charge in [-0.15, -0.1) is 0 Å². The van der Waals surface area contributed by atoms with Crippen molar-refractivity contribution < 1.29 is 4.79 Å². The summed E-state index contributed by atoms with van der Waals surface area (Å²) >= 11 is 3.25. The van der Waals surface area contributed by atoms with Crippen LogP contribution in [0.2, 0.25) is 0 Å². The maximum Gasteiger partial charge on any atom is 0.255 e. The van der Waals surface area contributed by atoms with Crippen molar-refractivity contribution in [1.29, 1.82) is 0 Å². The quantitative estimate of drug-likeness (QED) is 0.789. The van der Waals surface area contributed by atoms with Crippen LogP contribution in [0.15, 0.2) is 22.9 Å². The molecule has 0 N–H and O–H groups in total. The molecule has 1 amide bonds. The average Bonchev–Trinajstić information content (AvgIpc) is 3.02. The van der Waals surface area contributed by atoms with E-state index in [4.69, 9.17) is 0 Å². The highest BCUT2D eigenvalue weighted by Crippen LogP contribution is 2.29. The van der Waals surface area contributed by atoms with Crippen LogP contribution in [-0.2, 0) is 0 Å². The van der Waals surface area contributed by atoms with Crippen molar-refractivity contribution in [2.45, 2.75) is 12.8 Å². The fourth-order valence-electron chi connectivity index (χ4n) is 1.49. The molecular weight excluding hydrogens is 256 g/mol. The Balaban J connectivity index is 2.02. The second-order valence-corrected chi connectivity index (χ2v) is 4.81. The first-order chi connectivity index (χ1) is 7.16. The Morgan fingerprint density at radius 3 is 2.87 bits per heavy atom. The van der Waals surface area contributed by atoms with Gasteiger partial charge in [-0.25, -0.2) is 4.98 Å². The van der Waals surface area contributed by atoms with E-state index in [0.717, 1.165) is 17.1 Å². The molecule has 0 spiro atoms. The molecule has 0 aromatic carbocycles. The minimum absolute atomic E-state index is 0.0573. The maximum atomic E-state index is 11.9. The van der Waals surface area contributed by atoms with Crippen LogP contribution >= 0.6 is 15.9 Å².